The van der Waals surface area contributed by atoms with Crippen LogP contribution in [0, 0.1) is 13.8 Å². The van der Waals surface area contributed by atoms with E-state index in [9.17, 15) is 9.59 Å². The molecular formula is C24H24N2O5. The third-order valence-corrected chi connectivity index (χ3v) is 4.64. The number of carbonyl (C=O) groups is 2. The summed E-state index contributed by atoms with van der Waals surface area (Å²) in [4.78, 5) is 26.6. The predicted octanol–water partition coefficient (Wildman–Crippen LogP) is 4.25. The average Bonchev–Trinajstić information content (AvgIpc) is 3.12. The summed E-state index contributed by atoms with van der Waals surface area (Å²) in [6.07, 6.45) is 1.62. The molecule has 0 atom stereocenters. The molecule has 0 spiro atoms. The molecule has 160 valence electrons. The van der Waals surface area contributed by atoms with Gasteiger partial charge in [0.1, 0.15) is 18.1 Å². The molecule has 7 heteroatoms. The molecule has 0 aliphatic heterocycles. The summed E-state index contributed by atoms with van der Waals surface area (Å²) in [5.74, 6) is 0.237. The Kier molecular flexibility index (Phi) is 7.22. The molecule has 1 aromatic heterocycles. The molecule has 1 heterocycles. The van der Waals surface area contributed by atoms with Crippen molar-refractivity contribution in [2.75, 3.05) is 18.1 Å². The molecule has 31 heavy (non-hydrogen) atoms. The first-order chi connectivity index (χ1) is 15.0. The van der Waals surface area contributed by atoms with Gasteiger partial charge in [-0.15, -0.1) is 6.58 Å². The van der Waals surface area contributed by atoms with E-state index in [0.717, 1.165) is 11.3 Å². The Morgan fingerprint density at radius 3 is 2.58 bits per heavy atom. The normalized spacial score (nSPS) is 10.4. The van der Waals surface area contributed by atoms with E-state index in [1.807, 2.05) is 44.2 Å². The van der Waals surface area contributed by atoms with Crippen LogP contribution in [-0.2, 0) is 16.1 Å². The second-order valence-corrected chi connectivity index (χ2v) is 6.82. The first-order valence-corrected chi connectivity index (χ1v) is 9.77. The second-order valence-electron chi connectivity index (χ2n) is 6.82. The summed E-state index contributed by atoms with van der Waals surface area (Å²) < 4.78 is 16.1. The third kappa shape index (κ3) is 5.60. The van der Waals surface area contributed by atoms with Crippen LogP contribution >= 0.6 is 0 Å². The highest BCUT2D eigenvalue weighted by Gasteiger charge is 2.18. The fourth-order valence-corrected chi connectivity index (χ4v) is 2.95. The van der Waals surface area contributed by atoms with Crippen molar-refractivity contribution >= 4 is 17.6 Å². The van der Waals surface area contributed by atoms with Gasteiger partial charge in [-0.05, 0) is 44.2 Å². The topological polar surface area (TPSA) is 81.9 Å². The number of amides is 1. The Hall–Kier alpha value is -3.87. The van der Waals surface area contributed by atoms with Crippen LogP contribution in [0.25, 0.3) is 0 Å². The molecule has 3 rings (SSSR count). The lowest BCUT2D eigenvalue weighted by Crippen LogP contribution is -2.34. The molecule has 0 saturated heterocycles. The molecule has 0 radical (unpaired) electrons. The van der Waals surface area contributed by atoms with Crippen LogP contribution in [0.15, 0.2) is 71.8 Å². The van der Waals surface area contributed by atoms with Gasteiger partial charge in [0, 0.05) is 12.2 Å². The van der Waals surface area contributed by atoms with Gasteiger partial charge >= 0.3 is 5.97 Å². The third-order valence-electron chi connectivity index (χ3n) is 4.64. The number of hydrogen-bond donors (Lipinski definition) is 0. The number of para-hydroxylation sites is 1. The van der Waals surface area contributed by atoms with Gasteiger partial charge in [-0.3, -0.25) is 4.79 Å². The van der Waals surface area contributed by atoms with E-state index in [4.69, 9.17) is 14.0 Å². The van der Waals surface area contributed by atoms with E-state index in [1.165, 1.54) is 4.90 Å². The highest BCUT2D eigenvalue weighted by molar-refractivity contribution is 5.97. The lowest BCUT2D eigenvalue weighted by molar-refractivity contribution is -0.121. The van der Waals surface area contributed by atoms with Crippen LogP contribution in [0.2, 0.25) is 0 Å². The minimum Gasteiger partial charge on any atom is -0.489 e. The van der Waals surface area contributed by atoms with E-state index in [-0.39, 0.29) is 19.1 Å². The number of benzene rings is 2. The van der Waals surface area contributed by atoms with E-state index in [1.54, 1.807) is 30.3 Å². The molecule has 7 nitrogen and oxygen atoms in total. The minimum atomic E-state index is -0.609. The Morgan fingerprint density at radius 1 is 1.13 bits per heavy atom. The number of esters is 1. The number of carbonyl (C=O) groups excluding carboxylic acids is 2. The van der Waals surface area contributed by atoms with Crippen LogP contribution in [0.4, 0.5) is 5.69 Å². The summed E-state index contributed by atoms with van der Waals surface area (Å²) >= 11 is 0. The Bertz CT molecular complexity index is 1040. The van der Waals surface area contributed by atoms with Crippen LogP contribution in [-0.4, -0.2) is 30.2 Å². The molecule has 0 aliphatic rings. The quantitative estimate of drug-likeness (QED) is 0.380. The Labute approximate surface area is 180 Å². The molecule has 0 bridgehead atoms. The van der Waals surface area contributed by atoms with Crippen molar-refractivity contribution < 1.29 is 23.6 Å². The Balaban J connectivity index is 1.60. The number of rotatable bonds is 9. The van der Waals surface area contributed by atoms with Crippen molar-refractivity contribution in [2.24, 2.45) is 0 Å². The van der Waals surface area contributed by atoms with Gasteiger partial charge < -0.3 is 18.9 Å². The molecule has 2 aromatic carbocycles. The second kappa shape index (κ2) is 10.2. The molecular weight excluding hydrogens is 396 g/mol. The minimum absolute atomic E-state index is 0.270. The fraction of sp³-hybridized carbons (Fsp3) is 0.208. The van der Waals surface area contributed by atoms with Crippen molar-refractivity contribution in [1.29, 1.82) is 0 Å². The van der Waals surface area contributed by atoms with E-state index >= 15 is 0 Å². The summed E-state index contributed by atoms with van der Waals surface area (Å²) in [6, 6.07) is 15.7. The number of aryl methyl sites for hydroxylation is 2. The number of hydrogen-bond acceptors (Lipinski definition) is 6. The highest BCUT2D eigenvalue weighted by atomic mass is 16.5. The summed E-state index contributed by atoms with van der Waals surface area (Å²) in [5, 5.41) is 3.89. The van der Waals surface area contributed by atoms with Crippen LogP contribution in [0.3, 0.4) is 0 Å². The SMILES string of the molecule is C=CCN(C(=O)COC(=O)c1cccc(OCc2c(C)noc2C)c1)c1ccccc1. The summed E-state index contributed by atoms with van der Waals surface area (Å²) in [7, 11) is 0. The van der Waals surface area contributed by atoms with Gasteiger partial charge in [-0.2, -0.15) is 0 Å². The Morgan fingerprint density at radius 2 is 1.90 bits per heavy atom. The summed E-state index contributed by atoms with van der Waals surface area (Å²) in [5.41, 5.74) is 2.62. The molecule has 1 amide bonds. The predicted molar refractivity (Wildman–Crippen MR) is 116 cm³/mol. The first-order valence-electron chi connectivity index (χ1n) is 9.77. The standard InChI is InChI=1S/C24H24N2O5/c1-4-13-26(20-10-6-5-7-11-20)23(27)16-30-24(28)19-9-8-12-21(14-19)29-15-22-17(2)25-31-18(22)3/h4-12,14H,1,13,15-16H2,2-3H3. The average molecular weight is 420 g/mol. The zero-order valence-corrected chi connectivity index (χ0v) is 17.5. The maximum Gasteiger partial charge on any atom is 0.338 e. The zero-order valence-electron chi connectivity index (χ0n) is 17.5. The fourth-order valence-electron chi connectivity index (χ4n) is 2.95. The van der Waals surface area contributed by atoms with Crippen LogP contribution in [0.1, 0.15) is 27.4 Å². The van der Waals surface area contributed by atoms with Gasteiger partial charge in [0.25, 0.3) is 5.91 Å². The first kappa shape index (κ1) is 21.8. The van der Waals surface area contributed by atoms with E-state index < -0.39 is 5.97 Å². The van der Waals surface area contributed by atoms with Gasteiger partial charge in [0.15, 0.2) is 6.61 Å². The largest absolute Gasteiger partial charge is 0.489 e. The van der Waals surface area contributed by atoms with Crippen molar-refractivity contribution in [3.63, 3.8) is 0 Å². The van der Waals surface area contributed by atoms with Crippen molar-refractivity contribution in [3.8, 4) is 5.75 Å². The van der Waals surface area contributed by atoms with Crippen molar-refractivity contribution in [3.05, 3.63) is 89.8 Å². The smallest absolute Gasteiger partial charge is 0.338 e. The van der Waals surface area contributed by atoms with Crippen molar-refractivity contribution in [1.82, 2.24) is 5.16 Å². The summed E-state index contributed by atoms with van der Waals surface area (Å²) in [6.45, 7) is 7.53. The number of anilines is 1. The van der Waals surface area contributed by atoms with Gasteiger partial charge in [-0.1, -0.05) is 35.5 Å². The molecule has 0 unspecified atom stereocenters. The van der Waals surface area contributed by atoms with Crippen LogP contribution < -0.4 is 9.64 Å². The lowest BCUT2D eigenvalue weighted by atomic mass is 10.2. The lowest BCUT2D eigenvalue weighted by Gasteiger charge is -2.21. The maximum atomic E-state index is 12.6. The molecule has 3 aromatic rings. The maximum absolute atomic E-state index is 12.6. The molecule has 0 saturated carbocycles. The molecule has 0 N–H and O–H groups in total. The van der Waals surface area contributed by atoms with Gasteiger partial charge in [0.05, 0.1) is 16.8 Å². The highest BCUT2D eigenvalue weighted by Crippen LogP contribution is 2.19. The molecule has 0 fully saturated rings. The number of ether oxygens (including phenoxy) is 2. The van der Waals surface area contributed by atoms with Gasteiger partial charge in [0.2, 0.25) is 0 Å². The number of nitrogens with zero attached hydrogens (tertiary/aromatic N) is 2. The van der Waals surface area contributed by atoms with Crippen LogP contribution in [0.5, 0.6) is 5.75 Å². The van der Waals surface area contributed by atoms with Gasteiger partial charge in [-0.25, -0.2) is 4.79 Å². The monoisotopic (exact) mass is 420 g/mol. The van der Waals surface area contributed by atoms with E-state index in [0.29, 0.717) is 29.3 Å². The number of aromatic nitrogens is 1. The van der Waals surface area contributed by atoms with Crippen molar-refractivity contribution in [2.45, 2.75) is 20.5 Å². The molecule has 0 aliphatic carbocycles. The zero-order chi connectivity index (χ0) is 22.2. The van der Waals surface area contributed by atoms with E-state index in [2.05, 4.69) is 11.7 Å².